The number of nitrogens with one attached hydrogen (secondary N) is 1. The molecule has 96 valence electrons. The number of rotatable bonds is 4. The van der Waals surface area contributed by atoms with Crippen LogP contribution in [0.1, 0.15) is 17.2 Å². The van der Waals surface area contributed by atoms with Gasteiger partial charge in [-0.3, -0.25) is 0 Å². The molecule has 0 amide bonds. The van der Waals surface area contributed by atoms with Crippen molar-refractivity contribution in [2.24, 2.45) is 0 Å². The van der Waals surface area contributed by atoms with Gasteiger partial charge in [0.15, 0.2) is 0 Å². The van der Waals surface area contributed by atoms with Gasteiger partial charge < -0.3 is 10.1 Å². The molecule has 0 spiro atoms. The van der Waals surface area contributed by atoms with Gasteiger partial charge in [0.25, 0.3) is 0 Å². The molecule has 0 fully saturated rings. The van der Waals surface area contributed by atoms with Crippen LogP contribution in [0.5, 0.6) is 5.75 Å². The predicted octanol–water partition coefficient (Wildman–Crippen LogP) is 3.42. The average Bonchev–Trinajstić information content (AvgIpc) is 2.88. The van der Waals surface area contributed by atoms with E-state index in [1.807, 2.05) is 30.3 Å². The number of benzene rings is 2. The highest BCUT2D eigenvalue weighted by molar-refractivity contribution is 5.48. The van der Waals surface area contributed by atoms with E-state index >= 15 is 0 Å². The third kappa shape index (κ3) is 2.85. The summed E-state index contributed by atoms with van der Waals surface area (Å²) in [5.41, 5.74) is 2.49. The van der Waals surface area contributed by atoms with Crippen LogP contribution in [0.3, 0.4) is 0 Å². The van der Waals surface area contributed by atoms with E-state index < -0.39 is 0 Å². The third-order valence-electron chi connectivity index (χ3n) is 3.29. The summed E-state index contributed by atoms with van der Waals surface area (Å²) >= 11 is 0. The molecule has 0 aliphatic carbocycles. The summed E-state index contributed by atoms with van der Waals surface area (Å²) in [6.45, 7) is 1.57. The maximum absolute atomic E-state index is 5.64. The van der Waals surface area contributed by atoms with Crippen molar-refractivity contribution in [3.05, 3.63) is 71.8 Å². The van der Waals surface area contributed by atoms with E-state index in [-0.39, 0.29) is 0 Å². The molecule has 0 bridgehead atoms. The lowest BCUT2D eigenvalue weighted by Crippen LogP contribution is -2.22. The van der Waals surface area contributed by atoms with Gasteiger partial charge in [-0.25, -0.2) is 0 Å². The van der Waals surface area contributed by atoms with Crippen molar-refractivity contribution < 1.29 is 4.74 Å². The summed E-state index contributed by atoms with van der Waals surface area (Å²) in [5.74, 6) is 1.01. The Morgan fingerprint density at radius 3 is 2.74 bits per heavy atom. The van der Waals surface area contributed by atoms with Crippen LogP contribution in [-0.2, 0) is 0 Å². The van der Waals surface area contributed by atoms with Gasteiger partial charge in [0.2, 0.25) is 0 Å². The van der Waals surface area contributed by atoms with Gasteiger partial charge in [-0.1, -0.05) is 60.7 Å². The molecule has 0 saturated heterocycles. The summed E-state index contributed by atoms with van der Waals surface area (Å²) < 4.78 is 5.64. The van der Waals surface area contributed by atoms with E-state index in [2.05, 4.69) is 41.7 Å². The number of ether oxygens (including phenoxy) is 1. The average molecular weight is 251 g/mol. The summed E-state index contributed by atoms with van der Waals surface area (Å²) in [7, 11) is 0. The van der Waals surface area contributed by atoms with E-state index in [0.717, 1.165) is 18.9 Å². The molecule has 2 aromatic rings. The summed E-state index contributed by atoms with van der Waals surface area (Å²) in [6.07, 6.45) is 4.28. The van der Waals surface area contributed by atoms with E-state index in [0.29, 0.717) is 6.04 Å². The fraction of sp³-hybridized carbons (Fsp3) is 0.176. The lowest BCUT2D eigenvalue weighted by Gasteiger charge is -2.09. The molecule has 0 saturated carbocycles. The van der Waals surface area contributed by atoms with E-state index in [1.54, 1.807) is 0 Å². The molecule has 1 aliphatic heterocycles. The maximum Gasteiger partial charge on any atom is 0.124 e. The highest BCUT2D eigenvalue weighted by Crippen LogP contribution is 2.31. The van der Waals surface area contributed by atoms with Gasteiger partial charge in [0.1, 0.15) is 12.4 Å². The van der Waals surface area contributed by atoms with Crippen LogP contribution in [0.2, 0.25) is 0 Å². The van der Waals surface area contributed by atoms with E-state index in [1.165, 1.54) is 11.1 Å². The minimum absolute atomic E-state index is 0.302. The summed E-state index contributed by atoms with van der Waals surface area (Å²) in [5, 5.41) is 3.50. The monoisotopic (exact) mass is 251 g/mol. The zero-order chi connectivity index (χ0) is 12.9. The van der Waals surface area contributed by atoms with Crippen molar-refractivity contribution in [2.45, 2.75) is 6.04 Å². The second-order valence-corrected chi connectivity index (χ2v) is 4.62. The van der Waals surface area contributed by atoms with Crippen LogP contribution in [0.4, 0.5) is 0 Å². The van der Waals surface area contributed by atoms with Crippen molar-refractivity contribution in [2.75, 3.05) is 13.2 Å². The molecule has 19 heavy (non-hydrogen) atoms. The number of para-hydroxylation sites is 1. The maximum atomic E-state index is 5.64. The SMILES string of the molecule is C(=Cc1ccccc1)CNC1COc2ccccc21. The van der Waals surface area contributed by atoms with Crippen LogP contribution in [0.25, 0.3) is 6.08 Å². The fourth-order valence-corrected chi connectivity index (χ4v) is 2.30. The molecule has 0 aromatic heterocycles. The molecule has 2 heteroatoms. The van der Waals surface area contributed by atoms with Gasteiger partial charge in [-0.15, -0.1) is 0 Å². The van der Waals surface area contributed by atoms with Gasteiger partial charge in [0.05, 0.1) is 6.04 Å². The van der Waals surface area contributed by atoms with E-state index in [9.17, 15) is 0 Å². The van der Waals surface area contributed by atoms with Crippen LogP contribution < -0.4 is 10.1 Å². The van der Waals surface area contributed by atoms with Crippen LogP contribution >= 0.6 is 0 Å². The molecule has 3 rings (SSSR count). The number of fused-ring (bicyclic) bond motifs is 1. The molecule has 1 heterocycles. The highest BCUT2D eigenvalue weighted by Gasteiger charge is 2.22. The molecule has 1 unspecified atom stereocenters. The molecule has 1 N–H and O–H groups in total. The Morgan fingerprint density at radius 1 is 1.05 bits per heavy atom. The van der Waals surface area contributed by atoms with Crippen LogP contribution in [-0.4, -0.2) is 13.2 Å². The lowest BCUT2D eigenvalue weighted by molar-refractivity contribution is 0.315. The quantitative estimate of drug-likeness (QED) is 0.899. The first kappa shape index (κ1) is 12.0. The van der Waals surface area contributed by atoms with Crippen molar-refractivity contribution in [1.29, 1.82) is 0 Å². The zero-order valence-corrected chi connectivity index (χ0v) is 10.8. The Kier molecular flexibility index (Phi) is 3.61. The summed E-state index contributed by atoms with van der Waals surface area (Å²) in [4.78, 5) is 0. The zero-order valence-electron chi connectivity index (χ0n) is 10.8. The molecule has 2 nitrogen and oxygen atoms in total. The Labute approximate surface area is 113 Å². The first-order chi connectivity index (χ1) is 9.43. The molecule has 0 radical (unpaired) electrons. The fourth-order valence-electron chi connectivity index (χ4n) is 2.30. The topological polar surface area (TPSA) is 21.3 Å². The standard InChI is InChI=1S/C17H17NO/c1-2-7-14(8-3-1)9-6-12-18-16-13-19-17-11-5-4-10-15(16)17/h1-11,16,18H,12-13H2. The Morgan fingerprint density at radius 2 is 1.84 bits per heavy atom. The van der Waals surface area contributed by atoms with Crippen molar-refractivity contribution in [3.63, 3.8) is 0 Å². The Balaban J connectivity index is 1.56. The smallest absolute Gasteiger partial charge is 0.124 e. The second kappa shape index (κ2) is 5.72. The minimum atomic E-state index is 0.302. The van der Waals surface area contributed by atoms with E-state index in [4.69, 9.17) is 4.74 Å². The second-order valence-electron chi connectivity index (χ2n) is 4.62. The number of hydrogen-bond donors (Lipinski definition) is 1. The van der Waals surface area contributed by atoms with Gasteiger partial charge in [0, 0.05) is 12.1 Å². The largest absolute Gasteiger partial charge is 0.491 e. The first-order valence-corrected chi connectivity index (χ1v) is 6.60. The lowest BCUT2D eigenvalue weighted by atomic mass is 10.1. The van der Waals surface area contributed by atoms with Crippen LogP contribution in [0, 0.1) is 0 Å². The highest BCUT2D eigenvalue weighted by atomic mass is 16.5. The molecule has 1 atom stereocenters. The first-order valence-electron chi connectivity index (χ1n) is 6.60. The Hall–Kier alpha value is -2.06. The van der Waals surface area contributed by atoms with Gasteiger partial charge in [-0.05, 0) is 11.6 Å². The molecule has 2 aromatic carbocycles. The van der Waals surface area contributed by atoms with Crippen molar-refractivity contribution >= 4 is 6.08 Å². The molecular formula is C17H17NO. The minimum Gasteiger partial charge on any atom is -0.491 e. The third-order valence-corrected chi connectivity index (χ3v) is 3.29. The molecular weight excluding hydrogens is 234 g/mol. The normalized spacial score (nSPS) is 17.4. The van der Waals surface area contributed by atoms with Gasteiger partial charge in [-0.2, -0.15) is 0 Å². The Bertz CT molecular complexity index is 562. The van der Waals surface area contributed by atoms with Crippen molar-refractivity contribution in [3.8, 4) is 5.75 Å². The van der Waals surface area contributed by atoms with Crippen LogP contribution in [0.15, 0.2) is 60.7 Å². The van der Waals surface area contributed by atoms with Gasteiger partial charge >= 0.3 is 0 Å². The number of hydrogen-bond acceptors (Lipinski definition) is 2. The molecule has 1 aliphatic rings. The van der Waals surface area contributed by atoms with Crippen molar-refractivity contribution in [1.82, 2.24) is 5.32 Å². The summed E-state index contributed by atoms with van der Waals surface area (Å²) in [6, 6.07) is 18.9. The predicted molar refractivity (Wildman–Crippen MR) is 78.2 cm³/mol.